The van der Waals surface area contributed by atoms with Gasteiger partial charge in [-0.1, -0.05) is 0 Å². The van der Waals surface area contributed by atoms with Gasteiger partial charge in [-0.3, -0.25) is 0 Å². The molecule has 1 aliphatic rings. The zero-order valence-electron chi connectivity index (χ0n) is 5.03. The molecule has 0 N–H and O–H groups in total. The molecule has 0 aliphatic heterocycles. The van der Waals surface area contributed by atoms with Gasteiger partial charge in [-0.15, -0.1) is 0 Å². The Hall–Kier alpha value is -0.0400. The van der Waals surface area contributed by atoms with E-state index in [4.69, 9.17) is 4.74 Å². The van der Waals surface area contributed by atoms with Crippen molar-refractivity contribution in [3.05, 3.63) is 0 Å². The average Bonchev–Trinajstić information content (AvgIpc) is 1.61. The second-order valence-electron chi connectivity index (χ2n) is 2.51. The van der Waals surface area contributed by atoms with Crippen molar-refractivity contribution in [3.8, 4) is 0 Å². The van der Waals surface area contributed by atoms with Crippen LogP contribution in [0.1, 0.15) is 26.2 Å². The van der Waals surface area contributed by atoms with E-state index in [0.717, 1.165) is 0 Å². The number of hydrogen-bond donors (Lipinski definition) is 0. The Balaban J connectivity index is 2.29. The summed E-state index contributed by atoms with van der Waals surface area (Å²) < 4.78 is 5.17. The van der Waals surface area contributed by atoms with E-state index in [-0.39, 0.29) is 5.60 Å². The molecule has 0 aromatic heterocycles. The van der Waals surface area contributed by atoms with E-state index in [9.17, 15) is 0 Å². The summed E-state index contributed by atoms with van der Waals surface area (Å²) in [5.74, 6) is 0. The highest BCUT2D eigenvalue weighted by atomic mass is 16.5. The van der Waals surface area contributed by atoms with Crippen molar-refractivity contribution in [2.75, 3.05) is 7.11 Å². The molecule has 0 aromatic rings. The first-order valence-electron chi connectivity index (χ1n) is 2.82. The van der Waals surface area contributed by atoms with E-state index < -0.39 is 0 Å². The van der Waals surface area contributed by atoms with Crippen molar-refractivity contribution in [2.24, 2.45) is 0 Å². The Morgan fingerprint density at radius 1 is 1.43 bits per heavy atom. The fourth-order valence-corrected chi connectivity index (χ4v) is 0.879. The molecule has 0 aromatic carbocycles. The maximum atomic E-state index is 5.17. The Bertz CT molecular complexity index is 59.1. The van der Waals surface area contributed by atoms with Crippen LogP contribution in [-0.4, -0.2) is 12.7 Å². The van der Waals surface area contributed by atoms with E-state index in [2.05, 4.69) is 6.92 Å². The Morgan fingerprint density at radius 2 is 2.00 bits per heavy atom. The van der Waals surface area contributed by atoms with Gasteiger partial charge in [-0.25, -0.2) is 0 Å². The van der Waals surface area contributed by atoms with Gasteiger partial charge in [0.05, 0.1) is 5.60 Å². The Kier molecular flexibility index (Phi) is 1.08. The molecule has 0 radical (unpaired) electrons. The van der Waals surface area contributed by atoms with Gasteiger partial charge < -0.3 is 4.74 Å². The fourth-order valence-electron chi connectivity index (χ4n) is 0.879. The Labute approximate surface area is 44.7 Å². The molecule has 1 fully saturated rings. The summed E-state index contributed by atoms with van der Waals surface area (Å²) in [4.78, 5) is 0. The van der Waals surface area contributed by atoms with Crippen LogP contribution in [0.25, 0.3) is 0 Å². The predicted molar refractivity (Wildman–Crippen MR) is 29.3 cm³/mol. The first-order chi connectivity index (χ1) is 3.27. The average molecular weight is 100 g/mol. The number of rotatable bonds is 1. The smallest absolute Gasteiger partial charge is 0.0650 e. The van der Waals surface area contributed by atoms with Gasteiger partial charge in [0.25, 0.3) is 0 Å². The second-order valence-corrected chi connectivity index (χ2v) is 2.51. The highest BCUT2D eigenvalue weighted by Gasteiger charge is 2.30. The van der Waals surface area contributed by atoms with Gasteiger partial charge in [0.2, 0.25) is 0 Å². The van der Waals surface area contributed by atoms with Crippen LogP contribution in [0.2, 0.25) is 0 Å². The molecule has 0 heterocycles. The van der Waals surface area contributed by atoms with Crippen LogP contribution >= 0.6 is 0 Å². The summed E-state index contributed by atoms with van der Waals surface area (Å²) in [5.41, 5.74) is 0.264. The minimum atomic E-state index is 0.264. The summed E-state index contributed by atoms with van der Waals surface area (Å²) >= 11 is 0. The molecule has 42 valence electrons. The van der Waals surface area contributed by atoms with Crippen molar-refractivity contribution in [1.82, 2.24) is 0 Å². The predicted octanol–water partition coefficient (Wildman–Crippen LogP) is 1.58. The van der Waals surface area contributed by atoms with Gasteiger partial charge in [0, 0.05) is 7.11 Å². The molecule has 0 spiro atoms. The minimum absolute atomic E-state index is 0.264. The molecule has 0 saturated heterocycles. The van der Waals surface area contributed by atoms with Gasteiger partial charge in [0.15, 0.2) is 0 Å². The summed E-state index contributed by atoms with van der Waals surface area (Å²) in [5, 5.41) is 0. The molecule has 0 amide bonds. The maximum absolute atomic E-state index is 5.17. The highest BCUT2D eigenvalue weighted by Crippen LogP contribution is 2.33. The SMILES string of the molecule is COC1(C)CCC1. The molecule has 1 saturated carbocycles. The molecular weight excluding hydrogens is 88.1 g/mol. The molecule has 7 heavy (non-hydrogen) atoms. The monoisotopic (exact) mass is 100 g/mol. The lowest BCUT2D eigenvalue weighted by Gasteiger charge is -2.36. The van der Waals surface area contributed by atoms with Crippen LogP contribution < -0.4 is 0 Å². The molecule has 0 atom stereocenters. The zero-order chi connectivity index (χ0) is 5.33. The molecule has 1 rings (SSSR count). The van der Waals surface area contributed by atoms with Crippen LogP contribution in [0.3, 0.4) is 0 Å². The normalized spacial score (nSPS) is 26.6. The molecule has 1 aliphatic carbocycles. The van der Waals surface area contributed by atoms with Crippen molar-refractivity contribution in [1.29, 1.82) is 0 Å². The summed E-state index contributed by atoms with van der Waals surface area (Å²) in [7, 11) is 1.79. The fraction of sp³-hybridized carbons (Fsp3) is 1.00. The number of ether oxygens (including phenoxy) is 1. The van der Waals surface area contributed by atoms with E-state index in [0.29, 0.717) is 0 Å². The van der Waals surface area contributed by atoms with Crippen LogP contribution in [0, 0.1) is 0 Å². The molecule has 0 unspecified atom stereocenters. The van der Waals surface area contributed by atoms with Gasteiger partial charge in [0.1, 0.15) is 0 Å². The first kappa shape index (κ1) is 5.10. The summed E-state index contributed by atoms with van der Waals surface area (Å²) in [6.45, 7) is 2.16. The van der Waals surface area contributed by atoms with Crippen molar-refractivity contribution in [3.63, 3.8) is 0 Å². The van der Waals surface area contributed by atoms with E-state index in [1.165, 1.54) is 19.3 Å². The van der Waals surface area contributed by atoms with Crippen molar-refractivity contribution in [2.45, 2.75) is 31.8 Å². The summed E-state index contributed by atoms with van der Waals surface area (Å²) in [6, 6.07) is 0. The standard InChI is InChI=1S/C6H12O/c1-6(7-2)4-3-5-6/h3-5H2,1-2H3. The van der Waals surface area contributed by atoms with Gasteiger partial charge in [-0.2, -0.15) is 0 Å². The van der Waals surface area contributed by atoms with E-state index >= 15 is 0 Å². The number of hydrogen-bond acceptors (Lipinski definition) is 1. The topological polar surface area (TPSA) is 9.23 Å². The van der Waals surface area contributed by atoms with Crippen molar-refractivity contribution >= 4 is 0 Å². The lowest BCUT2D eigenvalue weighted by atomic mass is 9.82. The van der Waals surface area contributed by atoms with E-state index in [1.807, 2.05) is 0 Å². The van der Waals surface area contributed by atoms with Crippen LogP contribution in [0.4, 0.5) is 0 Å². The van der Waals surface area contributed by atoms with Gasteiger partial charge >= 0.3 is 0 Å². The third-order valence-electron chi connectivity index (χ3n) is 1.90. The highest BCUT2D eigenvalue weighted by molar-refractivity contribution is 4.83. The second kappa shape index (κ2) is 1.48. The van der Waals surface area contributed by atoms with Crippen molar-refractivity contribution < 1.29 is 4.74 Å². The zero-order valence-corrected chi connectivity index (χ0v) is 5.03. The molecule has 0 bridgehead atoms. The van der Waals surface area contributed by atoms with Crippen LogP contribution in [-0.2, 0) is 4.74 Å². The number of methoxy groups -OCH3 is 1. The lowest BCUT2D eigenvalue weighted by molar-refractivity contribution is -0.0555. The first-order valence-corrected chi connectivity index (χ1v) is 2.82. The third kappa shape index (κ3) is 0.778. The minimum Gasteiger partial charge on any atom is -0.379 e. The lowest BCUT2D eigenvalue weighted by Crippen LogP contribution is -2.34. The molecular formula is C6H12O. The van der Waals surface area contributed by atoms with Crippen LogP contribution in [0.5, 0.6) is 0 Å². The summed E-state index contributed by atoms with van der Waals surface area (Å²) in [6.07, 6.45) is 3.86. The van der Waals surface area contributed by atoms with Gasteiger partial charge in [-0.05, 0) is 26.2 Å². The van der Waals surface area contributed by atoms with Crippen LogP contribution in [0.15, 0.2) is 0 Å². The largest absolute Gasteiger partial charge is 0.379 e. The Morgan fingerprint density at radius 3 is 2.00 bits per heavy atom. The third-order valence-corrected chi connectivity index (χ3v) is 1.90. The molecule has 1 heteroatoms. The molecule has 1 nitrogen and oxygen atoms in total. The quantitative estimate of drug-likeness (QED) is 0.486. The maximum Gasteiger partial charge on any atom is 0.0650 e. The van der Waals surface area contributed by atoms with E-state index in [1.54, 1.807) is 7.11 Å².